The SMILES string of the molecule is Cc1nc(C2CCN(C3CN(C)C3)C2)cc2c1OCc1c(N3CCOCC3)ccnc1N2. The summed E-state index contributed by atoms with van der Waals surface area (Å²) in [6.45, 7) is 10.5. The van der Waals surface area contributed by atoms with E-state index in [2.05, 4.69) is 51.1 Å². The molecular formula is C24H32N6O2. The molecule has 2 aromatic heterocycles. The molecule has 2 aromatic rings. The van der Waals surface area contributed by atoms with Gasteiger partial charge in [-0.05, 0) is 39.1 Å². The van der Waals surface area contributed by atoms with Crippen molar-refractivity contribution in [2.45, 2.75) is 31.9 Å². The third kappa shape index (κ3) is 3.60. The van der Waals surface area contributed by atoms with Gasteiger partial charge >= 0.3 is 0 Å². The molecule has 8 nitrogen and oxygen atoms in total. The lowest BCUT2D eigenvalue weighted by atomic mass is 10.0. The largest absolute Gasteiger partial charge is 0.485 e. The Bertz CT molecular complexity index is 1000. The van der Waals surface area contributed by atoms with Gasteiger partial charge in [0.2, 0.25) is 0 Å². The van der Waals surface area contributed by atoms with Crippen molar-refractivity contribution < 1.29 is 9.47 Å². The minimum atomic E-state index is 0.474. The van der Waals surface area contributed by atoms with E-state index in [1.165, 1.54) is 30.9 Å². The van der Waals surface area contributed by atoms with Gasteiger partial charge in [-0.2, -0.15) is 0 Å². The lowest BCUT2D eigenvalue weighted by molar-refractivity contribution is 0.0683. The van der Waals surface area contributed by atoms with Crippen LogP contribution < -0.4 is 15.0 Å². The van der Waals surface area contributed by atoms with Gasteiger partial charge in [-0.1, -0.05) is 0 Å². The zero-order valence-electron chi connectivity index (χ0n) is 19.0. The van der Waals surface area contributed by atoms with Crippen molar-refractivity contribution in [3.8, 4) is 5.75 Å². The zero-order valence-corrected chi connectivity index (χ0v) is 19.0. The lowest BCUT2D eigenvalue weighted by Gasteiger charge is -2.42. The molecule has 3 fully saturated rings. The first-order valence-corrected chi connectivity index (χ1v) is 11.8. The molecule has 1 N–H and O–H groups in total. The number of morpholine rings is 1. The molecule has 0 saturated carbocycles. The van der Waals surface area contributed by atoms with Crippen LogP contribution in [0.15, 0.2) is 18.3 Å². The molecule has 32 heavy (non-hydrogen) atoms. The number of nitrogens with zero attached hydrogens (tertiary/aromatic N) is 5. The van der Waals surface area contributed by atoms with E-state index in [-0.39, 0.29) is 0 Å². The number of hydrogen-bond donors (Lipinski definition) is 1. The van der Waals surface area contributed by atoms with Gasteiger partial charge in [0.25, 0.3) is 0 Å². The molecule has 6 heterocycles. The Labute approximate surface area is 189 Å². The highest BCUT2D eigenvalue weighted by molar-refractivity contribution is 5.73. The average molecular weight is 437 g/mol. The van der Waals surface area contributed by atoms with Gasteiger partial charge in [-0.25, -0.2) is 4.98 Å². The number of nitrogens with one attached hydrogen (secondary N) is 1. The number of anilines is 3. The van der Waals surface area contributed by atoms with Gasteiger partial charge in [-0.3, -0.25) is 9.88 Å². The van der Waals surface area contributed by atoms with Crippen LogP contribution in [0, 0.1) is 6.92 Å². The number of likely N-dealkylation sites (N-methyl/N-ethyl adjacent to an activating group) is 1. The first-order chi connectivity index (χ1) is 15.7. The number of aryl methyl sites for hydroxylation is 1. The summed E-state index contributed by atoms with van der Waals surface area (Å²) in [6.07, 6.45) is 3.06. The van der Waals surface area contributed by atoms with Crippen LogP contribution in [-0.2, 0) is 11.3 Å². The predicted molar refractivity (Wildman–Crippen MR) is 124 cm³/mol. The average Bonchev–Trinajstić information content (AvgIpc) is 3.18. The summed E-state index contributed by atoms with van der Waals surface area (Å²) in [5, 5.41) is 3.59. The Hall–Kier alpha value is -2.42. The third-order valence-corrected chi connectivity index (χ3v) is 7.36. The Kier molecular flexibility index (Phi) is 5.16. The number of likely N-dealkylation sites (tertiary alicyclic amines) is 2. The summed E-state index contributed by atoms with van der Waals surface area (Å²) in [7, 11) is 2.20. The molecule has 170 valence electrons. The van der Waals surface area contributed by atoms with Gasteiger partial charge in [0.15, 0.2) is 5.75 Å². The third-order valence-electron chi connectivity index (χ3n) is 7.36. The molecule has 0 bridgehead atoms. The second-order valence-electron chi connectivity index (χ2n) is 9.54. The van der Waals surface area contributed by atoms with Crippen LogP contribution in [0.4, 0.5) is 17.2 Å². The van der Waals surface area contributed by atoms with Crippen LogP contribution in [0.1, 0.15) is 29.3 Å². The smallest absolute Gasteiger partial charge is 0.164 e. The Morgan fingerprint density at radius 1 is 1.12 bits per heavy atom. The van der Waals surface area contributed by atoms with E-state index in [1.807, 2.05) is 6.20 Å². The second-order valence-corrected chi connectivity index (χ2v) is 9.54. The fourth-order valence-corrected chi connectivity index (χ4v) is 5.53. The van der Waals surface area contributed by atoms with E-state index in [1.54, 1.807) is 0 Å². The standard InChI is InChI=1S/C24H32N6O2/c1-16-23-21(11-20(26-16)17-4-6-30(12-17)18-13-28(2)14-18)27-24-19(15-32-23)22(3-5-25-24)29-7-9-31-10-8-29/h3,5,11,17-18H,4,6-10,12-15H2,1-2H3,(H,25,27). The maximum Gasteiger partial charge on any atom is 0.164 e. The van der Waals surface area contributed by atoms with Crippen LogP contribution in [-0.4, -0.2) is 85.3 Å². The summed E-state index contributed by atoms with van der Waals surface area (Å²) in [6, 6.07) is 5.00. The summed E-state index contributed by atoms with van der Waals surface area (Å²) in [5.41, 5.74) is 5.39. The minimum Gasteiger partial charge on any atom is -0.485 e. The van der Waals surface area contributed by atoms with Crippen LogP contribution in [0.25, 0.3) is 0 Å². The van der Waals surface area contributed by atoms with Gasteiger partial charge < -0.3 is 24.6 Å². The molecule has 0 radical (unpaired) electrons. The molecule has 4 aliphatic rings. The molecule has 3 saturated heterocycles. The molecule has 4 aliphatic heterocycles. The lowest BCUT2D eigenvalue weighted by Crippen LogP contribution is -2.56. The maximum atomic E-state index is 6.31. The van der Waals surface area contributed by atoms with E-state index < -0.39 is 0 Å². The van der Waals surface area contributed by atoms with E-state index in [0.29, 0.717) is 18.6 Å². The minimum absolute atomic E-state index is 0.474. The highest BCUT2D eigenvalue weighted by atomic mass is 16.5. The van der Waals surface area contributed by atoms with Crippen LogP contribution in [0.5, 0.6) is 5.75 Å². The van der Waals surface area contributed by atoms with Crippen molar-refractivity contribution in [3.05, 3.63) is 35.3 Å². The number of rotatable bonds is 3. The zero-order chi connectivity index (χ0) is 21.7. The summed E-state index contributed by atoms with van der Waals surface area (Å²) < 4.78 is 11.9. The predicted octanol–water partition coefficient (Wildman–Crippen LogP) is 2.36. The van der Waals surface area contributed by atoms with Crippen molar-refractivity contribution in [2.75, 3.05) is 69.7 Å². The van der Waals surface area contributed by atoms with Crippen molar-refractivity contribution in [3.63, 3.8) is 0 Å². The number of hydrogen-bond acceptors (Lipinski definition) is 8. The van der Waals surface area contributed by atoms with Crippen LogP contribution >= 0.6 is 0 Å². The Balaban J connectivity index is 1.26. The topological polar surface area (TPSA) is 66.0 Å². The molecule has 0 aromatic carbocycles. The molecule has 1 unspecified atom stereocenters. The monoisotopic (exact) mass is 436 g/mol. The van der Waals surface area contributed by atoms with E-state index in [4.69, 9.17) is 14.5 Å². The van der Waals surface area contributed by atoms with Crippen LogP contribution in [0.3, 0.4) is 0 Å². The van der Waals surface area contributed by atoms with E-state index in [9.17, 15) is 0 Å². The summed E-state index contributed by atoms with van der Waals surface area (Å²) in [4.78, 5) is 17.1. The molecule has 0 aliphatic carbocycles. The fourth-order valence-electron chi connectivity index (χ4n) is 5.53. The van der Waals surface area contributed by atoms with E-state index >= 15 is 0 Å². The number of aromatic nitrogens is 2. The van der Waals surface area contributed by atoms with Gasteiger partial charge in [-0.15, -0.1) is 0 Å². The van der Waals surface area contributed by atoms with Gasteiger partial charge in [0.1, 0.15) is 12.4 Å². The van der Waals surface area contributed by atoms with Gasteiger partial charge in [0.05, 0.1) is 30.2 Å². The molecule has 0 spiro atoms. The number of pyridine rings is 2. The normalized spacial score (nSPS) is 24.2. The molecule has 6 rings (SSSR count). The quantitative estimate of drug-likeness (QED) is 0.787. The summed E-state index contributed by atoms with van der Waals surface area (Å²) >= 11 is 0. The second kappa shape index (κ2) is 8.17. The highest BCUT2D eigenvalue weighted by Gasteiger charge is 2.35. The molecular weight excluding hydrogens is 404 g/mol. The highest BCUT2D eigenvalue weighted by Crippen LogP contribution is 2.40. The maximum absolute atomic E-state index is 6.31. The number of fused-ring (bicyclic) bond motifs is 2. The molecule has 1 atom stereocenters. The van der Waals surface area contributed by atoms with Crippen molar-refractivity contribution in [2.24, 2.45) is 0 Å². The van der Waals surface area contributed by atoms with E-state index in [0.717, 1.165) is 67.9 Å². The van der Waals surface area contributed by atoms with Crippen molar-refractivity contribution in [1.82, 2.24) is 19.8 Å². The van der Waals surface area contributed by atoms with Crippen molar-refractivity contribution in [1.29, 1.82) is 0 Å². The first-order valence-electron chi connectivity index (χ1n) is 11.8. The first kappa shape index (κ1) is 20.2. The summed E-state index contributed by atoms with van der Waals surface area (Å²) in [5.74, 6) is 2.20. The van der Waals surface area contributed by atoms with Crippen LogP contribution in [0.2, 0.25) is 0 Å². The Morgan fingerprint density at radius 2 is 1.97 bits per heavy atom. The molecule has 0 amide bonds. The molecule has 8 heteroatoms. The number of ether oxygens (including phenoxy) is 2. The fraction of sp³-hybridized carbons (Fsp3) is 0.583. The van der Waals surface area contributed by atoms with Crippen molar-refractivity contribution >= 4 is 17.2 Å². The Morgan fingerprint density at radius 3 is 2.78 bits per heavy atom. The van der Waals surface area contributed by atoms with Gasteiger partial charge in [0, 0.05) is 62.3 Å².